The zero-order valence-electron chi connectivity index (χ0n) is 6.59. The molecule has 66 valence electrons. The molecular weight excluding hydrogens is 176 g/mol. The second kappa shape index (κ2) is 3.09. The third-order valence-corrected chi connectivity index (χ3v) is 2.56. The van der Waals surface area contributed by atoms with Gasteiger partial charge in [-0.25, -0.2) is 0 Å². The molecule has 1 fully saturated rings. The Morgan fingerprint density at radius 2 is 2.42 bits per heavy atom. The van der Waals surface area contributed by atoms with Crippen LogP contribution < -0.4 is 11.3 Å². The first-order chi connectivity index (χ1) is 5.83. The van der Waals surface area contributed by atoms with Crippen molar-refractivity contribution in [2.75, 3.05) is 0 Å². The maximum atomic E-state index is 5.82. The van der Waals surface area contributed by atoms with E-state index in [0.717, 1.165) is 5.56 Å². The molecule has 0 spiro atoms. The van der Waals surface area contributed by atoms with E-state index in [1.54, 1.807) is 6.26 Å². The van der Waals surface area contributed by atoms with E-state index in [1.807, 2.05) is 6.07 Å². The van der Waals surface area contributed by atoms with Crippen molar-refractivity contribution in [2.24, 2.45) is 11.8 Å². The van der Waals surface area contributed by atoms with Crippen molar-refractivity contribution in [2.45, 2.75) is 18.9 Å². The van der Waals surface area contributed by atoms with Crippen LogP contribution in [0.5, 0.6) is 0 Å². The molecule has 1 aliphatic carbocycles. The first-order valence-electron chi connectivity index (χ1n) is 4.02. The Morgan fingerprint density at radius 1 is 1.67 bits per heavy atom. The van der Waals surface area contributed by atoms with Gasteiger partial charge in [-0.05, 0) is 36.4 Å². The molecule has 1 heterocycles. The van der Waals surface area contributed by atoms with E-state index >= 15 is 0 Å². The third-order valence-electron chi connectivity index (χ3n) is 2.25. The topological polar surface area (TPSA) is 51.2 Å². The Bertz CT molecular complexity index is 270. The van der Waals surface area contributed by atoms with Crippen LogP contribution in [-0.4, -0.2) is 0 Å². The molecule has 1 atom stereocenters. The van der Waals surface area contributed by atoms with Gasteiger partial charge in [-0.2, -0.15) is 0 Å². The Balaban J connectivity index is 2.20. The number of rotatable bonds is 3. The summed E-state index contributed by atoms with van der Waals surface area (Å²) in [5.74, 6) is 6.05. The fourth-order valence-corrected chi connectivity index (χ4v) is 1.67. The number of nitrogens with two attached hydrogens (primary N) is 1. The lowest BCUT2D eigenvalue weighted by Gasteiger charge is -2.12. The van der Waals surface area contributed by atoms with Gasteiger partial charge in [0.25, 0.3) is 0 Å². The van der Waals surface area contributed by atoms with Crippen LogP contribution in [0.2, 0.25) is 5.22 Å². The van der Waals surface area contributed by atoms with E-state index < -0.39 is 0 Å². The number of nitrogens with one attached hydrogen (secondary N) is 1. The van der Waals surface area contributed by atoms with E-state index in [4.69, 9.17) is 21.9 Å². The van der Waals surface area contributed by atoms with Crippen molar-refractivity contribution in [1.29, 1.82) is 0 Å². The summed E-state index contributed by atoms with van der Waals surface area (Å²) < 4.78 is 5.00. The summed E-state index contributed by atoms with van der Waals surface area (Å²) in [5.41, 5.74) is 3.74. The molecule has 1 aliphatic rings. The van der Waals surface area contributed by atoms with Crippen LogP contribution in [0.25, 0.3) is 0 Å². The fraction of sp³-hybridized carbons (Fsp3) is 0.500. The summed E-state index contributed by atoms with van der Waals surface area (Å²) in [6.45, 7) is 0. The largest absolute Gasteiger partial charge is 0.453 e. The zero-order valence-corrected chi connectivity index (χ0v) is 7.34. The van der Waals surface area contributed by atoms with E-state index in [2.05, 4.69) is 5.43 Å². The van der Waals surface area contributed by atoms with Gasteiger partial charge in [0.15, 0.2) is 5.22 Å². The average molecular weight is 187 g/mol. The van der Waals surface area contributed by atoms with Gasteiger partial charge in [0.05, 0.1) is 12.3 Å². The van der Waals surface area contributed by atoms with Gasteiger partial charge in [-0.1, -0.05) is 0 Å². The molecule has 0 aromatic carbocycles. The molecule has 0 radical (unpaired) electrons. The number of hydrogen-bond donors (Lipinski definition) is 2. The van der Waals surface area contributed by atoms with Crippen molar-refractivity contribution in [3.05, 3.63) is 23.1 Å². The molecule has 3 nitrogen and oxygen atoms in total. The third kappa shape index (κ3) is 1.35. The van der Waals surface area contributed by atoms with Gasteiger partial charge < -0.3 is 4.42 Å². The minimum atomic E-state index is 0.163. The summed E-state index contributed by atoms with van der Waals surface area (Å²) in [6, 6.07) is 2.03. The van der Waals surface area contributed by atoms with Gasteiger partial charge in [0, 0.05) is 5.56 Å². The van der Waals surface area contributed by atoms with Crippen molar-refractivity contribution in [3.8, 4) is 0 Å². The van der Waals surface area contributed by atoms with Crippen LogP contribution in [0.4, 0.5) is 0 Å². The minimum absolute atomic E-state index is 0.163. The van der Waals surface area contributed by atoms with Crippen molar-refractivity contribution in [1.82, 2.24) is 5.43 Å². The summed E-state index contributed by atoms with van der Waals surface area (Å²) in [5, 5.41) is 0.449. The number of furan rings is 1. The number of halogens is 1. The van der Waals surface area contributed by atoms with Gasteiger partial charge in [-0.15, -0.1) is 0 Å². The second-order valence-electron chi connectivity index (χ2n) is 3.13. The second-order valence-corrected chi connectivity index (χ2v) is 3.47. The molecule has 3 N–H and O–H groups in total. The molecular formula is C8H11ClN2O. The predicted molar refractivity (Wildman–Crippen MR) is 46.5 cm³/mol. The van der Waals surface area contributed by atoms with Gasteiger partial charge >= 0.3 is 0 Å². The lowest BCUT2D eigenvalue weighted by atomic mass is 10.1. The molecule has 12 heavy (non-hydrogen) atoms. The SMILES string of the molecule is NNC(c1ccoc1Cl)C1CC1. The van der Waals surface area contributed by atoms with Crippen LogP contribution >= 0.6 is 11.6 Å². The molecule has 0 bridgehead atoms. The molecule has 0 saturated heterocycles. The standard InChI is InChI=1S/C8H11ClN2O/c9-8-6(3-4-12-8)7(11-10)5-1-2-5/h3-5,7,11H,1-2,10H2. The van der Waals surface area contributed by atoms with Gasteiger partial charge in [0.1, 0.15) is 0 Å². The maximum Gasteiger partial charge on any atom is 0.197 e. The van der Waals surface area contributed by atoms with Crippen LogP contribution in [0.15, 0.2) is 16.7 Å². The molecule has 0 aliphatic heterocycles. The van der Waals surface area contributed by atoms with E-state index in [1.165, 1.54) is 12.8 Å². The molecule has 0 amide bonds. The van der Waals surface area contributed by atoms with Crippen LogP contribution in [0.3, 0.4) is 0 Å². The van der Waals surface area contributed by atoms with Crippen LogP contribution in [0, 0.1) is 5.92 Å². The van der Waals surface area contributed by atoms with E-state index in [-0.39, 0.29) is 6.04 Å². The monoisotopic (exact) mass is 186 g/mol. The fourth-order valence-electron chi connectivity index (χ4n) is 1.44. The summed E-state index contributed by atoms with van der Waals surface area (Å²) in [6.07, 6.45) is 4.02. The highest BCUT2D eigenvalue weighted by Crippen LogP contribution is 2.42. The molecule has 1 unspecified atom stereocenters. The Kier molecular flexibility index (Phi) is 2.09. The van der Waals surface area contributed by atoms with Crippen LogP contribution in [0.1, 0.15) is 24.4 Å². The quantitative estimate of drug-likeness (QED) is 0.560. The lowest BCUT2D eigenvalue weighted by Crippen LogP contribution is -2.29. The average Bonchev–Trinajstić information content (AvgIpc) is 2.80. The van der Waals surface area contributed by atoms with Gasteiger partial charge in [0.2, 0.25) is 0 Å². The van der Waals surface area contributed by atoms with E-state index in [9.17, 15) is 0 Å². The smallest absolute Gasteiger partial charge is 0.197 e. The van der Waals surface area contributed by atoms with Crippen molar-refractivity contribution in [3.63, 3.8) is 0 Å². The molecule has 1 aromatic heterocycles. The molecule has 1 aromatic rings. The Morgan fingerprint density at radius 3 is 2.83 bits per heavy atom. The molecule has 2 rings (SSSR count). The lowest BCUT2D eigenvalue weighted by molar-refractivity contribution is 0.485. The van der Waals surface area contributed by atoms with E-state index in [0.29, 0.717) is 11.1 Å². The van der Waals surface area contributed by atoms with Gasteiger partial charge in [-0.3, -0.25) is 11.3 Å². The van der Waals surface area contributed by atoms with Crippen LogP contribution in [-0.2, 0) is 0 Å². The van der Waals surface area contributed by atoms with Crippen molar-refractivity contribution >= 4 is 11.6 Å². The minimum Gasteiger partial charge on any atom is -0.453 e. The first kappa shape index (κ1) is 8.10. The predicted octanol–water partition coefficient (Wildman–Crippen LogP) is 1.85. The summed E-state index contributed by atoms with van der Waals surface area (Å²) in [7, 11) is 0. The van der Waals surface area contributed by atoms with Crippen molar-refractivity contribution < 1.29 is 4.42 Å². The summed E-state index contributed by atoms with van der Waals surface area (Å²) >= 11 is 5.82. The number of hydrogen-bond acceptors (Lipinski definition) is 3. The highest BCUT2D eigenvalue weighted by molar-refractivity contribution is 6.29. The zero-order chi connectivity index (χ0) is 8.55. The summed E-state index contributed by atoms with van der Waals surface area (Å²) in [4.78, 5) is 0. The Hall–Kier alpha value is -0.510. The number of hydrazine groups is 1. The Labute approximate surface area is 75.8 Å². The molecule has 1 saturated carbocycles. The molecule has 4 heteroatoms. The highest BCUT2D eigenvalue weighted by Gasteiger charge is 2.33. The maximum absolute atomic E-state index is 5.82. The first-order valence-corrected chi connectivity index (χ1v) is 4.39. The highest BCUT2D eigenvalue weighted by atomic mass is 35.5. The normalized spacial score (nSPS) is 19.5.